The number of H-pyrrole nitrogens is 1. The van der Waals surface area contributed by atoms with Crippen molar-refractivity contribution in [3.05, 3.63) is 18.5 Å². The summed E-state index contributed by atoms with van der Waals surface area (Å²) in [6.07, 6.45) is 3.10. The molecule has 0 saturated carbocycles. The average Bonchev–Trinajstić information content (AvgIpc) is 3.06. The number of hydrogen-bond acceptors (Lipinski definition) is 6. The van der Waals surface area contributed by atoms with E-state index in [0.29, 0.717) is 18.1 Å². The second kappa shape index (κ2) is 6.51. The Hall–Kier alpha value is -1.90. The van der Waals surface area contributed by atoms with Crippen LogP contribution in [0.5, 0.6) is 0 Å². The molecule has 2 heterocycles. The van der Waals surface area contributed by atoms with Gasteiger partial charge in [0, 0.05) is 13.1 Å². The molecule has 0 aliphatic carbocycles. The van der Waals surface area contributed by atoms with Crippen LogP contribution in [0.3, 0.4) is 0 Å². The molecule has 0 spiro atoms. The van der Waals surface area contributed by atoms with Crippen LogP contribution in [0.4, 0.5) is 0 Å². The third kappa shape index (κ3) is 3.56. The maximum Gasteiger partial charge on any atom is 0.233 e. The third-order valence-electron chi connectivity index (χ3n) is 2.70. The molecule has 9 heteroatoms. The molecule has 0 fully saturated rings. The standard InChI is InChI=1S/C11H17N7OS/c1-8(2)18-7-14-16-11(18)20-5-10(19)17(3)4-9-12-6-13-15-9/h6-8H,4-5H2,1-3H3,(H,12,13,15). The van der Waals surface area contributed by atoms with E-state index in [2.05, 4.69) is 25.4 Å². The molecule has 2 aromatic heterocycles. The highest BCUT2D eigenvalue weighted by molar-refractivity contribution is 7.99. The Morgan fingerprint density at radius 2 is 2.35 bits per heavy atom. The molecule has 0 aliphatic heterocycles. The van der Waals surface area contributed by atoms with Crippen molar-refractivity contribution in [1.82, 2.24) is 34.8 Å². The number of aromatic nitrogens is 6. The van der Waals surface area contributed by atoms with Crippen molar-refractivity contribution in [3.8, 4) is 0 Å². The van der Waals surface area contributed by atoms with Gasteiger partial charge in [0.15, 0.2) is 5.16 Å². The van der Waals surface area contributed by atoms with Crippen molar-refractivity contribution in [1.29, 1.82) is 0 Å². The second-order valence-electron chi connectivity index (χ2n) is 4.59. The summed E-state index contributed by atoms with van der Waals surface area (Å²) in [5.41, 5.74) is 0. The summed E-state index contributed by atoms with van der Waals surface area (Å²) >= 11 is 1.38. The summed E-state index contributed by atoms with van der Waals surface area (Å²) in [6.45, 7) is 4.51. The summed E-state index contributed by atoms with van der Waals surface area (Å²) in [6, 6.07) is 0.273. The topological polar surface area (TPSA) is 92.6 Å². The fraction of sp³-hybridized carbons (Fsp3) is 0.545. The molecule has 0 atom stereocenters. The van der Waals surface area contributed by atoms with Gasteiger partial charge < -0.3 is 9.47 Å². The van der Waals surface area contributed by atoms with Gasteiger partial charge in [-0.1, -0.05) is 11.8 Å². The van der Waals surface area contributed by atoms with Crippen LogP contribution in [0.1, 0.15) is 25.7 Å². The smallest absolute Gasteiger partial charge is 0.233 e. The van der Waals surface area contributed by atoms with E-state index in [9.17, 15) is 4.79 Å². The molecule has 108 valence electrons. The van der Waals surface area contributed by atoms with Crippen LogP contribution in [0.2, 0.25) is 0 Å². The zero-order chi connectivity index (χ0) is 14.5. The van der Waals surface area contributed by atoms with Crippen LogP contribution in [0.15, 0.2) is 17.8 Å². The van der Waals surface area contributed by atoms with Gasteiger partial charge in [0.1, 0.15) is 18.5 Å². The number of hydrogen-bond donors (Lipinski definition) is 1. The van der Waals surface area contributed by atoms with Crippen molar-refractivity contribution < 1.29 is 4.79 Å². The number of aromatic amines is 1. The lowest BCUT2D eigenvalue weighted by atomic mass is 10.4. The molecule has 2 aromatic rings. The summed E-state index contributed by atoms with van der Waals surface area (Å²) in [4.78, 5) is 17.6. The van der Waals surface area contributed by atoms with E-state index in [4.69, 9.17) is 0 Å². The first-order valence-corrected chi connectivity index (χ1v) is 7.17. The minimum absolute atomic E-state index is 0.00436. The SMILES string of the molecule is CC(C)n1cnnc1SCC(=O)N(C)Cc1ncn[nH]1. The monoisotopic (exact) mass is 295 g/mol. The minimum atomic E-state index is 0.00436. The zero-order valence-corrected chi connectivity index (χ0v) is 12.5. The summed E-state index contributed by atoms with van der Waals surface area (Å²) < 4.78 is 1.94. The lowest BCUT2D eigenvalue weighted by Gasteiger charge is -2.15. The Morgan fingerprint density at radius 1 is 1.55 bits per heavy atom. The van der Waals surface area contributed by atoms with Crippen LogP contribution >= 0.6 is 11.8 Å². The molecule has 0 unspecified atom stereocenters. The lowest BCUT2D eigenvalue weighted by molar-refractivity contribution is -0.127. The first kappa shape index (κ1) is 14.5. The van der Waals surface area contributed by atoms with Gasteiger partial charge in [0.05, 0.1) is 12.3 Å². The lowest BCUT2D eigenvalue weighted by Crippen LogP contribution is -2.28. The number of carbonyl (C=O) groups excluding carboxylic acids is 1. The van der Waals surface area contributed by atoms with Crippen LogP contribution < -0.4 is 0 Å². The van der Waals surface area contributed by atoms with Crippen molar-refractivity contribution in [2.24, 2.45) is 0 Å². The summed E-state index contributed by atoms with van der Waals surface area (Å²) in [5.74, 6) is 0.983. The quantitative estimate of drug-likeness (QED) is 0.790. The number of amides is 1. The molecule has 1 amide bonds. The number of nitrogens with one attached hydrogen (secondary N) is 1. The highest BCUT2D eigenvalue weighted by Crippen LogP contribution is 2.19. The largest absolute Gasteiger partial charge is 0.338 e. The molecule has 0 saturated heterocycles. The van der Waals surface area contributed by atoms with Gasteiger partial charge in [0.25, 0.3) is 0 Å². The second-order valence-corrected chi connectivity index (χ2v) is 5.53. The summed E-state index contributed by atoms with van der Waals surface area (Å²) in [7, 11) is 1.73. The van der Waals surface area contributed by atoms with Crippen LogP contribution in [-0.4, -0.2) is 53.6 Å². The summed E-state index contributed by atoms with van der Waals surface area (Å²) in [5, 5.41) is 15.1. The molecular weight excluding hydrogens is 278 g/mol. The average molecular weight is 295 g/mol. The van der Waals surface area contributed by atoms with Crippen LogP contribution in [-0.2, 0) is 11.3 Å². The van der Waals surface area contributed by atoms with Gasteiger partial charge in [-0.05, 0) is 13.8 Å². The number of thioether (sulfide) groups is 1. The van der Waals surface area contributed by atoms with E-state index in [1.165, 1.54) is 18.1 Å². The normalized spacial score (nSPS) is 11.0. The molecule has 0 aliphatic rings. The van der Waals surface area contributed by atoms with Crippen molar-refractivity contribution in [2.75, 3.05) is 12.8 Å². The number of nitrogens with zero attached hydrogens (tertiary/aromatic N) is 6. The van der Waals surface area contributed by atoms with Gasteiger partial charge in [0.2, 0.25) is 5.91 Å². The fourth-order valence-electron chi connectivity index (χ4n) is 1.55. The molecule has 2 rings (SSSR count). The van der Waals surface area contributed by atoms with Crippen LogP contribution in [0, 0.1) is 0 Å². The van der Waals surface area contributed by atoms with E-state index in [-0.39, 0.29) is 11.9 Å². The first-order valence-electron chi connectivity index (χ1n) is 6.18. The molecular formula is C11H17N7OS. The Bertz CT molecular complexity index is 551. The highest BCUT2D eigenvalue weighted by Gasteiger charge is 2.14. The molecule has 0 aromatic carbocycles. The van der Waals surface area contributed by atoms with Gasteiger partial charge >= 0.3 is 0 Å². The van der Waals surface area contributed by atoms with Gasteiger partial charge in [-0.3, -0.25) is 9.89 Å². The van der Waals surface area contributed by atoms with Crippen LogP contribution in [0.25, 0.3) is 0 Å². The van der Waals surface area contributed by atoms with E-state index in [1.54, 1.807) is 18.3 Å². The van der Waals surface area contributed by atoms with E-state index < -0.39 is 0 Å². The Labute approximate surface area is 121 Å². The third-order valence-corrected chi connectivity index (χ3v) is 3.64. The van der Waals surface area contributed by atoms with Gasteiger partial charge in [-0.15, -0.1) is 10.2 Å². The Morgan fingerprint density at radius 3 is 3.00 bits per heavy atom. The van der Waals surface area contributed by atoms with E-state index in [1.807, 2.05) is 18.4 Å². The Kier molecular flexibility index (Phi) is 4.72. The van der Waals surface area contributed by atoms with E-state index in [0.717, 1.165) is 5.16 Å². The minimum Gasteiger partial charge on any atom is -0.338 e. The molecule has 0 bridgehead atoms. The van der Waals surface area contributed by atoms with Crippen molar-refractivity contribution in [3.63, 3.8) is 0 Å². The predicted octanol–water partition coefficient (Wildman–Crippen LogP) is 0.728. The van der Waals surface area contributed by atoms with Crippen molar-refractivity contribution in [2.45, 2.75) is 31.6 Å². The maximum absolute atomic E-state index is 12.0. The van der Waals surface area contributed by atoms with E-state index >= 15 is 0 Å². The molecule has 1 N–H and O–H groups in total. The predicted molar refractivity (Wildman–Crippen MR) is 74.0 cm³/mol. The van der Waals surface area contributed by atoms with Gasteiger partial charge in [-0.25, -0.2) is 4.98 Å². The number of carbonyl (C=O) groups is 1. The number of rotatable bonds is 6. The molecule has 0 radical (unpaired) electrons. The molecule has 20 heavy (non-hydrogen) atoms. The van der Waals surface area contributed by atoms with Gasteiger partial charge in [-0.2, -0.15) is 5.10 Å². The highest BCUT2D eigenvalue weighted by atomic mass is 32.2. The van der Waals surface area contributed by atoms with Crippen molar-refractivity contribution >= 4 is 17.7 Å². The molecule has 8 nitrogen and oxygen atoms in total. The Balaban J connectivity index is 1.87. The maximum atomic E-state index is 12.0. The zero-order valence-electron chi connectivity index (χ0n) is 11.6. The fourth-order valence-corrected chi connectivity index (χ4v) is 2.53. The first-order chi connectivity index (χ1) is 9.58.